The topological polar surface area (TPSA) is 52.9 Å². The number of β-amino-alcohol motifs (C(OH)–C–C–N with tert-alkyl or cyclic N) is 1. The molecule has 0 aromatic heterocycles. The number of aliphatic hydroxyl groups is 2. The second kappa shape index (κ2) is 7.85. The van der Waals surface area contributed by atoms with Crippen molar-refractivity contribution in [2.45, 2.75) is 44.0 Å². The SMILES string of the molecule is Cc1ccc2c(c1)C(O)CC1(CCN(CC(O)c3ccc(Cl)c(Cl)c3)CC1)O2. The highest BCUT2D eigenvalue weighted by Crippen LogP contribution is 2.44. The Morgan fingerprint density at radius 3 is 2.61 bits per heavy atom. The lowest BCUT2D eigenvalue weighted by Crippen LogP contribution is -2.51. The summed E-state index contributed by atoms with van der Waals surface area (Å²) in [5.41, 5.74) is 2.46. The van der Waals surface area contributed by atoms with Crippen LogP contribution in [0, 0.1) is 6.92 Å². The number of aliphatic hydroxyl groups excluding tert-OH is 2. The van der Waals surface area contributed by atoms with Gasteiger partial charge in [-0.1, -0.05) is 40.9 Å². The fourth-order valence-corrected chi connectivity index (χ4v) is 4.58. The molecule has 2 atom stereocenters. The Morgan fingerprint density at radius 1 is 1.14 bits per heavy atom. The number of rotatable bonds is 3. The Morgan fingerprint density at radius 2 is 1.89 bits per heavy atom. The Bertz CT molecular complexity index is 865. The molecule has 1 saturated heterocycles. The lowest BCUT2D eigenvalue weighted by Gasteiger charge is -2.46. The highest BCUT2D eigenvalue weighted by Gasteiger charge is 2.43. The van der Waals surface area contributed by atoms with Gasteiger partial charge in [0.25, 0.3) is 0 Å². The maximum Gasteiger partial charge on any atom is 0.125 e. The summed E-state index contributed by atoms with van der Waals surface area (Å²) in [5, 5.41) is 22.2. The van der Waals surface area contributed by atoms with Crippen molar-refractivity contribution < 1.29 is 14.9 Å². The van der Waals surface area contributed by atoms with Gasteiger partial charge in [-0.05, 0) is 49.6 Å². The third-order valence-electron chi connectivity index (χ3n) is 5.94. The minimum Gasteiger partial charge on any atom is -0.487 e. The molecule has 2 aliphatic heterocycles. The zero-order valence-corrected chi connectivity index (χ0v) is 17.4. The number of aryl methyl sites for hydroxylation is 1. The maximum atomic E-state index is 10.7. The summed E-state index contributed by atoms with van der Waals surface area (Å²) in [4.78, 5) is 2.23. The summed E-state index contributed by atoms with van der Waals surface area (Å²) >= 11 is 12.0. The van der Waals surface area contributed by atoms with Crippen LogP contribution in [0.25, 0.3) is 0 Å². The predicted molar refractivity (Wildman–Crippen MR) is 111 cm³/mol. The molecule has 0 saturated carbocycles. The van der Waals surface area contributed by atoms with Crippen LogP contribution in [-0.4, -0.2) is 40.3 Å². The van der Waals surface area contributed by atoms with E-state index in [0.717, 1.165) is 48.4 Å². The quantitative estimate of drug-likeness (QED) is 0.754. The Labute approximate surface area is 175 Å². The minimum absolute atomic E-state index is 0.327. The molecular weight excluding hydrogens is 397 g/mol. The van der Waals surface area contributed by atoms with Crippen molar-refractivity contribution in [2.24, 2.45) is 0 Å². The number of fused-ring (bicyclic) bond motifs is 1. The van der Waals surface area contributed by atoms with Crippen molar-refractivity contribution in [3.63, 3.8) is 0 Å². The summed E-state index contributed by atoms with van der Waals surface area (Å²) in [5.74, 6) is 0.800. The molecule has 6 heteroatoms. The van der Waals surface area contributed by atoms with Gasteiger partial charge in [-0.2, -0.15) is 0 Å². The first-order chi connectivity index (χ1) is 13.3. The van der Waals surface area contributed by atoms with Gasteiger partial charge >= 0.3 is 0 Å². The largest absolute Gasteiger partial charge is 0.487 e. The Kier molecular flexibility index (Phi) is 5.60. The molecule has 2 unspecified atom stereocenters. The van der Waals surface area contributed by atoms with E-state index in [2.05, 4.69) is 4.90 Å². The molecule has 2 N–H and O–H groups in total. The molecule has 4 rings (SSSR count). The average Bonchev–Trinajstić information content (AvgIpc) is 2.67. The van der Waals surface area contributed by atoms with Gasteiger partial charge in [0.05, 0.1) is 22.3 Å². The molecule has 28 heavy (non-hydrogen) atoms. The number of ether oxygens (including phenoxy) is 1. The van der Waals surface area contributed by atoms with Crippen LogP contribution in [0.5, 0.6) is 5.75 Å². The summed E-state index contributed by atoms with van der Waals surface area (Å²) in [6.07, 6.45) is 1.16. The summed E-state index contributed by atoms with van der Waals surface area (Å²) in [7, 11) is 0. The van der Waals surface area contributed by atoms with Crippen LogP contribution < -0.4 is 4.74 Å². The highest BCUT2D eigenvalue weighted by molar-refractivity contribution is 6.42. The van der Waals surface area contributed by atoms with Gasteiger partial charge < -0.3 is 19.8 Å². The standard InChI is InChI=1S/C22H25Cl2NO3/c1-14-2-5-21-16(10-14)19(26)12-22(28-21)6-8-25(9-7-22)13-20(27)15-3-4-17(23)18(24)11-15/h2-5,10-11,19-20,26-27H,6-9,12-13H2,1H3. The van der Waals surface area contributed by atoms with E-state index < -0.39 is 12.2 Å². The van der Waals surface area contributed by atoms with Crippen molar-refractivity contribution >= 4 is 23.2 Å². The predicted octanol–water partition coefficient (Wildman–Crippen LogP) is 4.69. The molecule has 2 aromatic carbocycles. The maximum absolute atomic E-state index is 10.7. The number of hydrogen-bond donors (Lipinski definition) is 2. The van der Waals surface area contributed by atoms with Crippen LogP contribution in [0.2, 0.25) is 10.0 Å². The zero-order valence-electron chi connectivity index (χ0n) is 15.9. The van der Waals surface area contributed by atoms with Crippen molar-refractivity contribution in [2.75, 3.05) is 19.6 Å². The molecule has 0 amide bonds. The molecule has 2 aliphatic rings. The van der Waals surface area contributed by atoms with Gasteiger partial charge in [0.15, 0.2) is 0 Å². The first-order valence-electron chi connectivity index (χ1n) is 9.68. The first-order valence-corrected chi connectivity index (χ1v) is 10.4. The van der Waals surface area contributed by atoms with Crippen molar-refractivity contribution in [3.05, 3.63) is 63.1 Å². The molecule has 1 fully saturated rings. The van der Waals surface area contributed by atoms with Crippen LogP contribution >= 0.6 is 23.2 Å². The lowest BCUT2D eigenvalue weighted by atomic mass is 9.81. The number of nitrogens with zero attached hydrogens (tertiary/aromatic N) is 1. The second-order valence-corrected chi connectivity index (χ2v) is 8.85. The average molecular weight is 422 g/mol. The van der Waals surface area contributed by atoms with Crippen molar-refractivity contribution in [1.29, 1.82) is 0 Å². The van der Waals surface area contributed by atoms with E-state index >= 15 is 0 Å². The molecule has 4 nitrogen and oxygen atoms in total. The van der Waals surface area contributed by atoms with E-state index in [-0.39, 0.29) is 5.60 Å². The van der Waals surface area contributed by atoms with Crippen molar-refractivity contribution in [1.82, 2.24) is 4.90 Å². The van der Waals surface area contributed by atoms with E-state index in [1.807, 2.05) is 31.2 Å². The smallest absolute Gasteiger partial charge is 0.125 e. The van der Waals surface area contributed by atoms with Crippen LogP contribution in [-0.2, 0) is 0 Å². The van der Waals surface area contributed by atoms with Crippen LogP contribution in [0.1, 0.15) is 48.2 Å². The Balaban J connectivity index is 1.39. The van der Waals surface area contributed by atoms with Crippen LogP contribution in [0.3, 0.4) is 0 Å². The van der Waals surface area contributed by atoms with Gasteiger partial charge in [0, 0.05) is 31.6 Å². The van der Waals surface area contributed by atoms with Gasteiger partial charge in [0.2, 0.25) is 0 Å². The number of likely N-dealkylation sites (tertiary alicyclic amines) is 1. The van der Waals surface area contributed by atoms with Gasteiger partial charge in [-0.15, -0.1) is 0 Å². The third kappa shape index (κ3) is 4.03. The van der Waals surface area contributed by atoms with Crippen LogP contribution in [0.4, 0.5) is 0 Å². The number of hydrogen-bond acceptors (Lipinski definition) is 4. The molecular formula is C22H25Cl2NO3. The lowest BCUT2D eigenvalue weighted by molar-refractivity contribution is -0.0588. The number of halogens is 2. The van der Waals surface area contributed by atoms with E-state index in [9.17, 15) is 10.2 Å². The van der Waals surface area contributed by atoms with E-state index in [0.29, 0.717) is 23.0 Å². The van der Waals surface area contributed by atoms with E-state index in [1.54, 1.807) is 12.1 Å². The molecule has 0 radical (unpaired) electrons. The molecule has 2 aromatic rings. The first kappa shape index (κ1) is 20.0. The van der Waals surface area contributed by atoms with E-state index in [1.165, 1.54) is 0 Å². The number of piperidine rings is 1. The van der Waals surface area contributed by atoms with E-state index in [4.69, 9.17) is 27.9 Å². The molecule has 1 spiro atoms. The molecule has 150 valence electrons. The minimum atomic E-state index is -0.620. The van der Waals surface area contributed by atoms with Crippen LogP contribution in [0.15, 0.2) is 36.4 Å². The summed E-state index contributed by atoms with van der Waals surface area (Å²) in [6, 6.07) is 11.2. The highest BCUT2D eigenvalue weighted by atomic mass is 35.5. The molecule has 0 bridgehead atoms. The zero-order chi connectivity index (χ0) is 19.9. The van der Waals surface area contributed by atoms with Gasteiger partial charge in [-0.3, -0.25) is 0 Å². The van der Waals surface area contributed by atoms with Gasteiger partial charge in [0.1, 0.15) is 11.4 Å². The molecule has 0 aliphatic carbocycles. The fourth-order valence-electron chi connectivity index (χ4n) is 4.28. The number of benzene rings is 2. The van der Waals surface area contributed by atoms with Crippen molar-refractivity contribution in [3.8, 4) is 5.75 Å². The normalized spacial score (nSPS) is 22.5. The Hall–Kier alpha value is -1.30. The summed E-state index contributed by atoms with van der Waals surface area (Å²) in [6.45, 7) is 4.18. The molecule has 2 heterocycles. The third-order valence-corrected chi connectivity index (χ3v) is 6.68. The summed E-state index contributed by atoms with van der Waals surface area (Å²) < 4.78 is 6.37. The monoisotopic (exact) mass is 421 g/mol. The fraction of sp³-hybridized carbons (Fsp3) is 0.455. The van der Waals surface area contributed by atoms with Gasteiger partial charge in [-0.25, -0.2) is 0 Å². The second-order valence-electron chi connectivity index (χ2n) is 8.04.